The molecule has 7 heteroatoms. The minimum atomic E-state index is -2.42. The number of hydrogen-bond donors (Lipinski definition) is 2. The molecule has 1 heterocycles. The van der Waals surface area contributed by atoms with Gasteiger partial charge in [-0.2, -0.15) is 0 Å². The highest BCUT2D eigenvalue weighted by Gasteiger charge is 2.13. The van der Waals surface area contributed by atoms with Gasteiger partial charge in [0.25, 0.3) is 6.43 Å². The van der Waals surface area contributed by atoms with Crippen LogP contribution in [0.15, 0.2) is 15.6 Å². The summed E-state index contributed by atoms with van der Waals surface area (Å²) in [6.07, 6.45) is -0.408. The van der Waals surface area contributed by atoms with Crippen molar-refractivity contribution in [2.45, 2.75) is 52.5 Å². The molecule has 0 bridgehead atoms. The van der Waals surface area contributed by atoms with E-state index in [9.17, 15) is 8.78 Å². The molecule has 0 atom stereocenters. The van der Waals surface area contributed by atoms with Crippen LogP contribution in [0.2, 0.25) is 0 Å². The summed E-state index contributed by atoms with van der Waals surface area (Å²) in [5, 5.41) is 9.52. The van der Waals surface area contributed by atoms with Crippen LogP contribution in [0, 0.1) is 0 Å². The summed E-state index contributed by atoms with van der Waals surface area (Å²) in [6.45, 7) is 6.53. The van der Waals surface area contributed by atoms with E-state index in [1.165, 1.54) is 0 Å². The lowest BCUT2D eigenvalue weighted by Gasteiger charge is -2.09. The number of aromatic nitrogens is 1. The summed E-state index contributed by atoms with van der Waals surface area (Å²) in [6, 6.07) is 1.89. The molecule has 0 radical (unpaired) electrons. The minimum Gasteiger partial charge on any atom is -0.359 e. The van der Waals surface area contributed by atoms with Crippen LogP contribution >= 0.6 is 0 Å². The molecular weight excluding hydrogens is 278 g/mol. The Morgan fingerprint density at radius 1 is 1.29 bits per heavy atom. The van der Waals surface area contributed by atoms with Gasteiger partial charge in [-0.3, -0.25) is 0 Å². The van der Waals surface area contributed by atoms with Crippen molar-refractivity contribution in [2.75, 3.05) is 13.1 Å². The summed E-state index contributed by atoms with van der Waals surface area (Å²) in [4.78, 5) is 4.21. The third kappa shape index (κ3) is 6.10. The number of nitrogens with zero attached hydrogens (tertiary/aromatic N) is 2. The highest BCUT2D eigenvalue weighted by atomic mass is 19.3. The Hall–Kier alpha value is -1.66. The summed E-state index contributed by atoms with van der Waals surface area (Å²) < 4.78 is 29.6. The van der Waals surface area contributed by atoms with Gasteiger partial charge >= 0.3 is 0 Å². The number of halogens is 2. The van der Waals surface area contributed by atoms with Gasteiger partial charge in [-0.15, -0.1) is 0 Å². The highest BCUT2D eigenvalue weighted by molar-refractivity contribution is 5.79. The molecular formula is C14H24F2N4O. The quantitative estimate of drug-likeness (QED) is 0.572. The second-order valence-corrected chi connectivity index (χ2v) is 4.70. The van der Waals surface area contributed by atoms with Crippen LogP contribution in [-0.4, -0.2) is 30.6 Å². The van der Waals surface area contributed by atoms with E-state index in [0.717, 1.165) is 18.5 Å². The van der Waals surface area contributed by atoms with Gasteiger partial charge in [0.05, 0.1) is 12.2 Å². The topological polar surface area (TPSA) is 62.5 Å². The molecule has 120 valence electrons. The first-order valence-corrected chi connectivity index (χ1v) is 7.36. The molecule has 0 aliphatic heterocycles. The molecule has 0 aliphatic carbocycles. The smallest absolute Gasteiger partial charge is 0.255 e. The van der Waals surface area contributed by atoms with E-state index in [0.29, 0.717) is 24.2 Å². The first kappa shape index (κ1) is 17.4. The Morgan fingerprint density at radius 2 is 2.00 bits per heavy atom. The van der Waals surface area contributed by atoms with Crippen LogP contribution < -0.4 is 10.6 Å². The molecule has 0 aliphatic rings. The monoisotopic (exact) mass is 302 g/mol. The van der Waals surface area contributed by atoms with E-state index >= 15 is 0 Å². The second-order valence-electron chi connectivity index (χ2n) is 4.70. The molecule has 0 saturated heterocycles. The van der Waals surface area contributed by atoms with Gasteiger partial charge in [0.2, 0.25) is 0 Å². The standard InChI is InChI=1S/C14H24F2N4O/c1-4-10(5-2)12-7-11(21-20-12)8-18-14(17-6-3)19-9-13(15)16/h7,10,13H,4-6,8-9H2,1-3H3,(H2,17,18,19). The van der Waals surface area contributed by atoms with Gasteiger partial charge in [-0.25, -0.2) is 13.8 Å². The van der Waals surface area contributed by atoms with E-state index in [1.807, 2.05) is 13.0 Å². The van der Waals surface area contributed by atoms with Crippen molar-refractivity contribution >= 4 is 5.96 Å². The fourth-order valence-corrected chi connectivity index (χ4v) is 1.98. The van der Waals surface area contributed by atoms with Crippen LogP contribution in [0.25, 0.3) is 0 Å². The minimum absolute atomic E-state index is 0.270. The summed E-state index contributed by atoms with van der Waals surface area (Å²) >= 11 is 0. The van der Waals surface area contributed by atoms with Crippen molar-refractivity contribution in [1.29, 1.82) is 0 Å². The maximum atomic E-state index is 12.2. The SMILES string of the molecule is CCNC(=NCc1cc(C(CC)CC)no1)NCC(F)F. The van der Waals surface area contributed by atoms with E-state index in [-0.39, 0.29) is 6.54 Å². The summed E-state index contributed by atoms with van der Waals surface area (Å²) in [5.41, 5.74) is 0.927. The summed E-state index contributed by atoms with van der Waals surface area (Å²) in [7, 11) is 0. The van der Waals surface area contributed by atoms with Crippen molar-refractivity contribution in [2.24, 2.45) is 4.99 Å². The van der Waals surface area contributed by atoms with Gasteiger partial charge in [-0.1, -0.05) is 19.0 Å². The fraction of sp³-hybridized carbons (Fsp3) is 0.714. The highest BCUT2D eigenvalue weighted by Crippen LogP contribution is 2.22. The normalized spacial score (nSPS) is 12.2. The molecule has 0 saturated carbocycles. The van der Waals surface area contributed by atoms with Crippen LogP contribution in [-0.2, 0) is 6.54 Å². The Balaban J connectivity index is 2.63. The Morgan fingerprint density at radius 3 is 2.57 bits per heavy atom. The average molecular weight is 302 g/mol. The Bertz CT molecular complexity index is 430. The van der Waals surface area contributed by atoms with Crippen molar-refractivity contribution in [3.05, 3.63) is 17.5 Å². The van der Waals surface area contributed by atoms with E-state index in [4.69, 9.17) is 4.52 Å². The Labute approximate surface area is 124 Å². The third-order valence-electron chi connectivity index (χ3n) is 3.14. The Kier molecular flexibility index (Phi) is 7.71. The average Bonchev–Trinajstić information content (AvgIpc) is 2.92. The molecule has 0 spiro atoms. The predicted octanol–water partition coefficient (Wildman–Crippen LogP) is 2.90. The van der Waals surface area contributed by atoms with Gasteiger partial charge in [0, 0.05) is 18.5 Å². The first-order valence-electron chi connectivity index (χ1n) is 7.36. The number of hydrogen-bond acceptors (Lipinski definition) is 3. The van der Waals surface area contributed by atoms with E-state index in [2.05, 4.69) is 34.6 Å². The number of rotatable bonds is 8. The number of guanidine groups is 1. The second kappa shape index (κ2) is 9.31. The molecule has 0 fully saturated rings. The molecule has 21 heavy (non-hydrogen) atoms. The van der Waals surface area contributed by atoms with Gasteiger partial charge in [-0.05, 0) is 19.8 Å². The fourth-order valence-electron chi connectivity index (χ4n) is 1.98. The molecule has 5 nitrogen and oxygen atoms in total. The van der Waals surface area contributed by atoms with Crippen molar-refractivity contribution < 1.29 is 13.3 Å². The van der Waals surface area contributed by atoms with Gasteiger partial charge in [0.15, 0.2) is 11.7 Å². The zero-order chi connectivity index (χ0) is 15.7. The number of aliphatic imine (C=N–C) groups is 1. The number of alkyl halides is 2. The van der Waals surface area contributed by atoms with Crippen molar-refractivity contribution in [1.82, 2.24) is 15.8 Å². The zero-order valence-electron chi connectivity index (χ0n) is 12.8. The molecule has 0 aromatic carbocycles. The van der Waals surface area contributed by atoms with E-state index < -0.39 is 13.0 Å². The van der Waals surface area contributed by atoms with Crippen molar-refractivity contribution in [3.63, 3.8) is 0 Å². The molecule has 1 aromatic rings. The zero-order valence-corrected chi connectivity index (χ0v) is 12.8. The van der Waals surface area contributed by atoms with Crippen LogP contribution in [0.3, 0.4) is 0 Å². The molecule has 1 rings (SSSR count). The molecule has 0 amide bonds. The predicted molar refractivity (Wildman–Crippen MR) is 78.6 cm³/mol. The molecule has 2 N–H and O–H groups in total. The van der Waals surface area contributed by atoms with Gasteiger partial charge < -0.3 is 15.2 Å². The third-order valence-corrected chi connectivity index (χ3v) is 3.14. The van der Waals surface area contributed by atoms with E-state index in [1.54, 1.807) is 0 Å². The lowest BCUT2D eigenvalue weighted by Crippen LogP contribution is -2.39. The van der Waals surface area contributed by atoms with Gasteiger partial charge in [0.1, 0.15) is 6.54 Å². The largest absolute Gasteiger partial charge is 0.359 e. The van der Waals surface area contributed by atoms with Crippen LogP contribution in [0.5, 0.6) is 0 Å². The number of nitrogens with one attached hydrogen (secondary N) is 2. The maximum absolute atomic E-state index is 12.2. The lowest BCUT2D eigenvalue weighted by molar-refractivity contribution is 0.152. The maximum Gasteiger partial charge on any atom is 0.255 e. The van der Waals surface area contributed by atoms with Crippen molar-refractivity contribution in [3.8, 4) is 0 Å². The molecule has 0 unspecified atom stereocenters. The molecule has 1 aromatic heterocycles. The lowest BCUT2D eigenvalue weighted by atomic mass is 9.99. The first-order chi connectivity index (χ1) is 10.1. The summed E-state index contributed by atoms with van der Waals surface area (Å²) in [5.74, 6) is 1.36. The van der Waals surface area contributed by atoms with Crippen LogP contribution in [0.4, 0.5) is 8.78 Å². The van der Waals surface area contributed by atoms with Crippen LogP contribution in [0.1, 0.15) is 51.0 Å².